The van der Waals surface area contributed by atoms with Crippen LogP contribution in [-0.4, -0.2) is 18.9 Å². The Hall–Kier alpha value is -1.64. The van der Waals surface area contributed by atoms with Gasteiger partial charge in [-0.25, -0.2) is 0 Å². The highest BCUT2D eigenvalue weighted by Gasteiger charge is 2.26. The fourth-order valence-electron chi connectivity index (χ4n) is 2.31. The number of fused-ring (bicyclic) bond motifs is 1. The van der Waals surface area contributed by atoms with Crippen molar-refractivity contribution < 1.29 is 14.3 Å². The van der Waals surface area contributed by atoms with Gasteiger partial charge in [-0.05, 0) is 24.0 Å². The van der Waals surface area contributed by atoms with Gasteiger partial charge in [0.25, 0.3) is 0 Å². The zero-order valence-electron chi connectivity index (χ0n) is 9.94. The second-order valence-electron chi connectivity index (χ2n) is 4.42. The molecule has 1 aliphatic carbocycles. The molecule has 1 atom stereocenters. The molecule has 1 unspecified atom stereocenters. The smallest absolute Gasteiger partial charge is 0.306 e. The van der Waals surface area contributed by atoms with E-state index in [0.29, 0.717) is 12.8 Å². The van der Waals surface area contributed by atoms with E-state index in [4.69, 9.17) is 0 Å². The first-order valence-electron chi connectivity index (χ1n) is 5.87. The van der Waals surface area contributed by atoms with Gasteiger partial charge in [0.2, 0.25) is 0 Å². The second kappa shape index (κ2) is 5.13. The van der Waals surface area contributed by atoms with E-state index in [1.165, 1.54) is 18.2 Å². The molecule has 0 aromatic heterocycles. The lowest BCUT2D eigenvalue weighted by molar-refractivity contribution is -0.143. The second-order valence-corrected chi connectivity index (χ2v) is 4.42. The molecule has 0 amide bonds. The predicted octanol–water partition coefficient (Wildman–Crippen LogP) is 1.92. The van der Waals surface area contributed by atoms with E-state index >= 15 is 0 Å². The van der Waals surface area contributed by atoms with Crippen LogP contribution in [0.4, 0.5) is 0 Å². The van der Waals surface area contributed by atoms with Crippen LogP contribution >= 0.6 is 0 Å². The molecular weight excluding hydrogens is 216 g/mol. The van der Waals surface area contributed by atoms with Crippen molar-refractivity contribution in [3.8, 4) is 0 Å². The van der Waals surface area contributed by atoms with Crippen LogP contribution in [0.1, 0.15) is 24.0 Å². The summed E-state index contributed by atoms with van der Waals surface area (Å²) in [7, 11) is 1.36. The highest BCUT2D eigenvalue weighted by atomic mass is 16.5. The van der Waals surface area contributed by atoms with Crippen molar-refractivity contribution in [2.75, 3.05) is 7.11 Å². The zero-order valence-corrected chi connectivity index (χ0v) is 9.94. The molecule has 1 aliphatic rings. The van der Waals surface area contributed by atoms with Crippen molar-refractivity contribution in [3.05, 3.63) is 35.4 Å². The lowest BCUT2D eigenvalue weighted by Gasteiger charge is -2.11. The molecule has 0 heterocycles. The summed E-state index contributed by atoms with van der Waals surface area (Å²) in [6.07, 6.45) is 2.17. The number of ether oxygens (including phenoxy) is 1. The largest absolute Gasteiger partial charge is 0.469 e. The SMILES string of the molecule is COC(=O)CC1Cc2ccccc2CCC1=O. The quantitative estimate of drug-likeness (QED) is 0.578. The highest BCUT2D eigenvalue weighted by Crippen LogP contribution is 2.24. The average molecular weight is 232 g/mol. The van der Waals surface area contributed by atoms with Gasteiger partial charge in [0.05, 0.1) is 13.5 Å². The first kappa shape index (κ1) is 11.8. The summed E-state index contributed by atoms with van der Waals surface area (Å²) in [6, 6.07) is 8.06. The molecule has 1 aromatic carbocycles. The van der Waals surface area contributed by atoms with E-state index in [9.17, 15) is 9.59 Å². The molecule has 0 saturated carbocycles. The third kappa shape index (κ3) is 2.73. The lowest BCUT2D eigenvalue weighted by atomic mass is 9.93. The van der Waals surface area contributed by atoms with Crippen LogP contribution in [0.5, 0.6) is 0 Å². The number of hydrogen-bond acceptors (Lipinski definition) is 3. The number of benzene rings is 1. The minimum absolute atomic E-state index is 0.173. The molecule has 0 fully saturated rings. The zero-order chi connectivity index (χ0) is 12.3. The van der Waals surface area contributed by atoms with Gasteiger partial charge < -0.3 is 4.74 Å². The van der Waals surface area contributed by atoms with Crippen molar-refractivity contribution in [3.63, 3.8) is 0 Å². The van der Waals surface area contributed by atoms with E-state index in [1.807, 2.05) is 18.2 Å². The maximum atomic E-state index is 11.9. The number of esters is 1. The number of methoxy groups -OCH3 is 1. The van der Waals surface area contributed by atoms with Crippen molar-refractivity contribution in [2.45, 2.75) is 25.7 Å². The van der Waals surface area contributed by atoms with Crippen LogP contribution in [0.25, 0.3) is 0 Å². The maximum absolute atomic E-state index is 11.9. The Kier molecular flexibility index (Phi) is 3.57. The number of hydrogen-bond donors (Lipinski definition) is 0. The Balaban J connectivity index is 2.18. The first-order valence-corrected chi connectivity index (χ1v) is 5.87. The summed E-state index contributed by atoms with van der Waals surface area (Å²) in [5.74, 6) is -0.347. The number of carbonyl (C=O) groups is 2. The molecule has 3 nitrogen and oxygen atoms in total. The number of Topliss-reactive ketones (excluding diaryl/α,β-unsaturated/α-hetero) is 1. The molecule has 0 N–H and O–H groups in total. The molecule has 90 valence electrons. The molecule has 2 rings (SSSR count). The molecular formula is C14H16O3. The fourth-order valence-corrected chi connectivity index (χ4v) is 2.31. The minimum Gasteiger partial charge on any atom is -0.469 e. The molecule has 1 aromatic rings. The van der Waals surface area contributed by atoms with Gasteiger partial charge in [0.15, 0.2) is 0 Å². The molecule has 0 spiro atoms. The van der Waals surface area contributed by atoms with Gasteiger partial charge in [-0.1, -0.05) is 24.3 Å². The third-order valence-electron chi connectivity index (χ3n) is 3.32. The third-order valence-corrected chi connectivity index (χ3v) is 3.32. The van der Waals surface area contributed by atoms with Crippen molar-refractivity contribution in [1.82, 2.24) is 0 Å². The van der Waals surface area contributed by atoms with Gasteiger partial charge in [0, 0.05) is 12.3 Å². The maximum Gasteiger partial charge on any atom is 0.306 e. The van der Waals surface area contributed by atoms with E-state index in [1.54, 1.807) is 0 Å². The van der Waals surface area contributed by atoms with Gasteiger partial charge in [-0.3, -0.25) is 9.59 Å². The fraction of sp³-hybridized carbons (Fsp3) is 0.429. The normalized spacial score (nSPS) is 19.4. The van der Waals surface area contributed by atoms with E-state index in [2.05, 4.69) is 10.8 Å². The Bertz CT molecular complexity index is 437. The summed E-state index contributed by atoms with van der Waals surface area (Å²) in [5, 5.41) is 0. The van der Waals surface area contributed by atoms with Crippen LogP contribution in [0, 0.1) is 5.92 Å². The van der Waals surface area contributed by atoms with Crippen molar-refractivity contribution in [2.24, 2.45) is 5.92 Å². The summed E-state index contributed by atoms with van der Waals surface area (Å²) < 4.78 is 4.64. The number of aryl methyl sites for hydroxylation is 1. The van der Waals surface area contributed by atoms with Crippen LogP contribution < -0.4 is 0 Å². The van der Waals surface area contributed by atoms with Crippen LogP contribution in [0.15, 0.2) is 24.3 Å². The minimum atomic E-state index is -0.303. The van der Waals surface area contributed by atoms with Crippen molar-refractivity contribution >= 4 is 11.8 Å². The van der Waals surface area contributed by atoms with Crippen molar-refractivity contribution in [1.29, 1.82) is 0 Å². The molecule has 0 bridgehead atoms. The molecule has 0 radical (unpaired) electrons. The van der Waals surface area contributed by atoms with Crippen LogP contribution in [-0.2, 0) is 27.2 Å². The summed E-state index contributed by atoms with van der Waals surface area (Å²) in [6.45, 7) is 0. The van der Waals surface area contributed by atoms with Gasteiger partial charge >= 0.3 is 5.97 Å². The number of ketones is 1. The van der Waals surface area contributed by atoms with E-state index < -0.39 is 0 Å². The van der Waals surface area contributed by atoms with Gasteiger partial charge in [-0.2, -0.15) is 0 Å². The highest BCUT2D eigenvalue weighted by molar-refractivity contribution is 5.86. The molecule has 3 heteroatoms. The lowest BCUT2D eigenvalue weighted by Crippen LogP contribution is -2.20. The number of rotatable bonds is 2. The summed E-state index contributed by atoms with van der Waals surface area (Å²) in [4.78, 5) is 23.2. The Labute approximate surface area is 101 Å². The molecule has 0 aliphatic heterocycles. The Morgan fingerprint density at radius 1 is 1.29 bits per heavy atom. The van der Waals surface area contributed by atoms with Crippen LogP contribution in [0.2, 0.25) is 0 Å². The van der Waals surface area contributed by atoms with E-state index in [-0.39, 0.29) is 24.1 Å². The molecule has 0 saturated heterocycles. The summed E-state index contributed by atoms with van der Waals surface area (Å²) >= 11 is 0. The van der Waals surface area contributed by atoms with E-state index in [0.717, 1.165) is 6.42 Å². The van der Waals surface area contributed by atoms with Gasteiger partial charge in [-0.15, -0.1) is 0 Å². The van der Waals surface area contributed by atoms with Crippen LogP contribution in [0.3, 0.4) is 0 Å². The Morgan fingerprint density at radius 2 is 2.00 bits per heavy atom. The number of carbonyl (C=O) groups excluding carboxylic acids is 2. The first-order chi connectivity index (χ1) is 8.20. The van der Waals surface area contributed by atoms with Gasteiger partial charge in [0.1, 0.15) is 5.78 Å². The Morgan fingerprint density at radius 3 is 2.71 bits per heavy atom. The summed E-state index contributed by atoms with van der Waals surface area (Å²) in [5.41, 5.74) is 2.42. The average Bonchev–Trinajstić information content (AvgIpc) is 2.50. The predicted molar refractivity (Wildman–Crippen MR) is 63.6 cm³/mol. The monoisotopic (exact) mass is 232 g/mol. The molecule has 17 heavy (non-hydrogen) atoms. The topological polar surface area (TPSA) is 43.4 Å². The standard InChI is InChI=1S/C14H16O3/c1-17-14(16)9-12-8-11-5-3-2-4-10(11)6-7-13(12)15/h2-5,12H,6-9H2,1H3.